The lowest BCUT2D eigenvalue weighted by Gasteiger charge is -2.27. The molecular formula is C26H23ClN2O4. The van der Waals surface area contributed by atoms with Gasteiger partial charge in [0.05, 0.1) is 19.2 Å². The number of hydrogen-bond acceptors (Lipinski definition) is 4. The summed E-state index contributed by atoms with van der Waals surface area (Å²) >= 11 is 5.95. The lowest BCUT2D eigenvalue weighted by atomic mass is 9.95. The molecule has 2 heterocycles. The Kier molecular flexibility index (Phi) is 6.75. The molecule has 3 aromatic rings. The van der Waals surface area contributed by atoms with Crippen LogP contribution in [-0.2, 0) is 16.1 Å². The first-order chi connectivity index (χ1) is 16.0. The van der Waals surface area contributed by atoms with E-state index in [4.69, 9.17) is 16.3 Å². The number of carbonyl (C=O) groups is 2. The minimum Gasteiger partial charge on any atom is -0.872 e. The number of likely N-dealkylation sites (tertiary alicyclic amines) is 1. The summed E-state index contributed by atoms with van der Waals surface area (Å²) in [5, 5.41) is 13.9. The molecule has 1 fully saturated rings. The Labute approximate surface area is 197 Å². The highest BCUT2D eigenvalue weighted by molar-refractivity contribution is 6.46. The molecule has 1 N–H and O–H groups in total. The number of Topliss-reactive ketones (excluding diaryl/α,β-unsaturated/α-hetero) is 1. The van der Waals surface area contributed by atoms with Crippen molar-refractivity contribution in [2.24, 2.45) is 0 Å². The first-order valence-corrected chi connectivity index (χ1v) is 11.1. The Bertz CT molecular complexity index is 1180. The molecule has 0 aliphatic carbocycles. The number of halogens is 1. The van der Waals surface area contributed by atoms with Crippen molar-refractivity contribution in [3.8, 4) is 5.75 Å². The van der Waals surface area contributed by atoms with Crippen molar-refractivity contribution in [2.75, 3.05) is 6.61 Å². The number of ketones is 1. The summed E-state index contributed by atoms with van der Waals surface area (Å²) in [5.74, 6) is -1.28. The summed E-state index contributed by atoms with van der Waals surface area (Å²) in [4.78, 5) is 30.5. The molecule has 7 heteroatoms. The van der Waals surface area contributed by atoms with Crippen molar-refractivity contribution >= 4 is 29.1 Å². The molecule has 168 valence electrons. The average molecular weight is 463 g/mol. The normalized spacial score (nSPS) is 17.4. The highest BCUT2D eigenvalue weighted by Gasteiger charge is 2.44. The van der Waals surface area contributed by atoms with Crippen LogP contribution in [0.3, 0.4) is 0 Å². The maximum atomic E-state index is 13.4. The number of ether oxygens (including phenoxy) is 1. The molecule has 1 saturated heterocycles. The molecular weight excluding hydrogens is 440 g/mol. The van der Waals surface area contributed by atoms with Gasteiger partial charge >= 0.3 is 0 Å². The van der Waals surface area contributed by atoms with Crippen LogP contribution in [0.1, 0.15) is 36.1 Å². The van der Waals surface area contributed by atoms with Crippen LogP contribution in [0.2, 0.25) is 5.02 Å². The molecule has 1 aliphatic rings. The number of aromatic nitrogens is 1. The SMILES string of the molecule is CCCOc1ccc(C2/C(=C(\[O-])c3ccc(Cl)cc3)C(=O)C(=O)N2Cc2ccc[nH+]c2)cc1. The zero-order valence-corrected chi connectivity index (χ0v) is 18.8. The molecule has 1 amide bonds. The Morgan fingerprint density at radius 2 is 1.82 bits per heavy atom. The lowest BCUT2D eigenvalue weighted by Crippen LogP contribution is -2.29. The number of benzene rings is 2. The second-order valence-corrected chi connectivity index (χ2v) is 8.18. The van der Waals surface area contributed by atoms with Crippen LogP contribution in [0.25, 0.3) is 5.76 Å². The summed E-state index contributed by atoms with van der Waals surface area (Å²) < 4.78 is 5.65. The molecule has 0 saturated carbocycles. The van der Waals surface area contributed by atoms with Crippen molar-refractivity contribution in [3.05, 3.63) is 100 Å². The molecule has 0 radical (unpaired) electrons. The number of carbonyl (C=O) groups excluding carboxylic acids is 2. The molecule has 0 spiro atoms. The van der Waals surface area contributed by atoms with E-state index in [1.165, 1.54) is 4.90 Å². The Hall–Kier alpha value is -3.64. The Morgan fingerprint density at radius 1 is 1.09 bits per heavy atom. The summed E-state index contributed by atoms with van der Waals surface area (Å²) in [6, 6.07) is 16.3. The van der Waals surface area contributed by atoms with Crippen LogP contribution in [0.5, 0.6) is 5.75 Å². The van der Waals surface area contributed by atoms with Gasteiger partial charge in [-0.1, -0.05) is 48.5 Å². The van der Waals surface area contributed by atoms with Crippen LogP contribution in [0.4, 0.5) is 0 Å². The van der Waals surface area contributed by atoms with Crippen molar-refractivity contribution in [1.29, 1.82) is 0 Å². The van der Waals surface area contributed by atoms with E-state index in [0.717, 1.165) is 12.0 Å². The van der Waals surface area contributed by atoms with Crippen LogP contribution >= 0.6 is 11.6 Å². The minimum absolute atomic E-state index is 0.0653. The zero-order chi connectivity index (χ0) is 23.4. The third-order valence-electron chi connectivity index (χ3n) is 5.43. The van der Waals surface area contributed by atoms with Gasteiger partial charge in [-0.2, -0.15) is 0 Å². The maximum absolute atomic E-state index is 13.4. The van der Waals surface area contributed by atoms with Gasteiger partial charge in [0.25, 0.3) is 5.91 Å². The van der Waals surface area contributed by atoms with E-state index >= 15 is 0 Å². The van der Waals surface area contributed by atoms with Crippen LogP contribution in [0.15, 0.2) is 78.6 Å². The molecule has 1 unspecified atom stereocenters. The largest absolute Gasteiger partial charge is 0.872 e. The summed E-state index contributed by atoms with van der Waals surface area (Å²) in [6.45, 7) is 2.79. The molecule has 6 nitrogen and oxygen atoms in total. The molecule has 4 rings (SSSR count). The third-order valence-corrected chi connectivity index (χ3v) is 5.68. The number of aromatic amines is 1. The van der Waals surface area contributed by atoms with Gasteiger partial charge in [-0.25, -0.2) is 4.98 Å². The van der Waals surface area contributed by atoms with Crippen molar-refractivity contribution < 1.29 is 24.4 Å². The van der Waals surface area contributed by atoms with E-state index in [-0.39, 0.29) is 12.1 Å². The van der Waals surface area contributed by atoms with Gasteiger partial charge < -0.3 is 14.7 Å². The number of nitrogens with one attached hydrogen (secondary N) is 1. The van der Waals surface area contributed by atoms with E-state index in [0.29, 0.717) is 28.5 Å². The molecule has 1 atom stereocenters. The van der Waals surface area contributed by atoms with Crippen LogP contribution < -0.4 is 14.8 Å². The van der Waals surface area contributed by atoms with E-state index in [9.17, 15) is 14.7 Å². The van der Waals surface area contributed by atoms with E-state index in [2.05, 4.69) is 4.98 Å². The second kappa shape index (κ2) is 9.88. The average Bonchev–Trinajstić information content (AvgIpc) is 3.08. The minimum atomic E-state index is -0.811. The fourth-order valence-electron chi connectivity index (χ4n) is 3.83. The smallest absolute Gasteiger partial charge is 0.295 e. The quantitative estimate of drug-likeness (QED) is 0.306. The number of amides is 1. The number of pyridine rings is 1. The number of nitrogens with zero attached hydrogens (tertiary/aromatic N) is 1. The van der Waals surface area contributed by atoms with Gasteiger partial charge in [-0.15, -0.1) is 0 Å². The molecule has 2 aromatic carbocycles. The highest BCUT2D eigenvalue weighted by atomic mass is 35.5. The third kappa shape index (κ3) is 4.76. The summed E-state index contributed by atoms with van der Waals surface area (Å²) in [7, 11) is 0. The van der Waals surface area contributed by atoms with Crippen molar-refractivity contribution in [1.82, 2.24) is 4.90 Å². The topological polar surface area (TPSA) is 83.8 Å². The fourth-order valence-corrected chi connectivity index (χ4v) is 3.95. The van der Waals surface area contributed by atoms with Gasteiger partial charge in [0.2, 0.25) is 5.78 Å². The van der Waals surface area contributed by atoms with Gasteiger partial charge in [-0.3, -0.25) is 9.59 Å². The summed E-state index contributed by atoms with van der Waals surface area (Å²) in [5.41, 5.74) is 1.71. The monoisotopic (exact) mass is 462 g/mol. The number of hydrogen-bond donors (Lipinski definition) is 0. The Balaban J connectivity index is 1.80. The van der Waals surface area contributed by atoms with Gasteiger partial charge in [0, 0.05) is 22.2 Å². The molecule has 1 aliphatic heterocycles. The highest BCUT2D eigenvalue weighted by Crippen LogP contribution is 2.40. The summed E-state index contributed by atoms with van der Waals surface area (Å²) in [6.07, 6.45) is 4.40. The standard InChI is InChI=1S/C26H23ClN2O4/c1-2-14-33-21-11-7-18(8-12-21)23-22(24(30)19-5-9-20(27)10-6-19)25(31)26(32)29(23)16-17-4-3-13-28-15-17/h3-13,15,23,30H,2,14,16H2,1H3/b24-22+. The second-order valence-electron chi connectivity index (χ2n) is 7.74. The Morgan fingerprint density at radius 3 is 2.45 bits per heavy atom. The number of rotatable bonds is 7. The number of H-pyrrole nitrogens is 1. The molecule has 1 aromatic heterocycles. The van der Waals surface area contributed by atoms with Gasteiger partial charge in [0.15, 0.2) is 12.4 Å². The van der Waals surface area contributed by atoms with Crippen molar-refractivity contribution in [3.63, 3.8) is 0 Å². The lowest BCUT2D eigenvalue weighted by molar-refractivity contribution is -0.378. The van der Waals surface area contributed by atoms with E-state index in [1.54, 1.807) is 60.9 Å². The van der Waals surface area contributed by atoms with Crippen LogP contribution in [-0.4, -0.2) is 23.2 Å². The first-order valence-electron chi connectivity index (χ1n) is 10.7. The molecule has 33 heavy (non-hydrogen) atoms. The van der Waals surface area contributed by atoms with Crippen molar-refractivity contribution in [2.45, 2.75) is 25.9 Å². The van der Waals surface area contributed by atoms with Crippen LogP contribution in [0, 0.1) is 0 Å². The molecule has 0 bridgehead atoms. The van der Waals surface area contributed by atoms with Gasteiger partial charge in [0.1, 0.15) is 5.75 Å². The first kappa shape index (κ1) is 22.6. The zero-order valence-electron chi connectivity index (χ0n) is 18.1. The maximum Gasteiger partial charge on any atom is 0.295 e. The van der Waals surface area contributed by atoms with Gasteiger partial charge in [-0.05, 0) is 47.9 Å². The van der Waals surface area contributed by atoms with E-state index < -0.39 is 23.5 Å². The predicted molar refractivity (Wildman–Crippen MR) is 122 cm³/mol. The van der Waals surface area contributed by atoms with E-state index in [1.807, 2.05) is 19.1 Å². The predicted octanol–water partition coefficient (Wildman–Crippen LogP) is 3.37. The fraction of sp³-hybridized carbons (Fsp3) is 0.192.